The van der Waals surface area contributed by atoms with E-state index in [1.165, 1.54) is 6.42 Å². The molecule has 2 heterocycles. The van der Waals surface area contributed by atoms with Gasteiger partial charge in [0.05, 0.1) is 12.2 Å². The van der Waals surface area contributed by atoms with Gasteiger partial charge >= 0.3 is 0 Å². The quantitative estimate of drug-likeness (QED) is 0.835. The molecule has 112 valence electrons. The predicted molar refractivity (Wildman–Crippen MR) is 84.6 cm³/mol. The van der Waals surface area contributed by atoms with Crippen LogP contribution in [0.1, 0.15) is 49.9 Å². The molecule has 21 heavy (non-hydrogen) atoms. The molecule has 1 saturated heterocycles. The highest BCUT2D eigenvalue weighted by Crippen LogP contribution is 2.33. The van der Waals surface area contributed by atoms with Gasteiger partial charge in [0, 0.05) is 17.5 Å². The molecule has 0 N–H and O–H groups in total. The van der Waals surface area contributed by atoms with Crippen LogP contribution in [0.5, 0.6) is 0 Å². The van der Waals surface area contributed by atoms with Crippen LogP contribution in [0.15, 0.2) is 34.9 Å². The van der Waals surface area contributed by atoms with E-state index in [1.807, 2.05) is 30.5 Å². The molecule has 4 heteroatoms. The van der Waals surface area contributed by atoms with Crippen molar-refractivity contribution in [3.63, 3.8) is 0 Å². The minimum atomic E-state index is 0.324. The van der Waals surface area contributed by atoms with Crippen molar-refractivity contribution in [2.24, 2.45) is 0 Å². The van der Waals surface area contributed by atoms with E-state index in [4.69, 9.17) is 16.0 Å². The zero-order valence-corrected chi connectivity index (χ0v) is 13.3. The number of oxazole rings is 1. The summed E-state index contributed by atoms with van der Waals surface area (Å²) in [6.07, 6.45) is 4.88. The SMILES string of the molecule is CC(C)N1CCCC1c1ncc(Cc2ccccc2Cl)o1. The summed E-state index contributed by atoms with van der Waals surface area (Å²) in [5, 5.41) is 0.778. The molecular formula is C17H21ClN2O. The van der Waals surface area contributed by atoms with Crippen molar-refractivity contribution >= 4 is 11.6 Å². The summed E-state index contributed by atoms with van der Waals surface area (Å²) in [5.41, 5.74) is 1.08. The molecule has 1 aromatic heterocycles. The number of rotatable bonds is 4. The molecule has 1 fully saturated rings. The van der Waals surface area contributed by atoms with Gasteiger partial charge in [-0.05, 0) is 44.9 Å². The third kappa shape index (κ3) is 3.14. The lowest BCUT2D eigenvalue weighted by Gasteiger charge is -2.25. The summed E-state index contributed by atoms with van der Waals surface area (Å²) < 4.78 is 6.00. The lowest BCUT2D eigenvalue weighted by atomic mass is 10.1. The van der Waals surface area contributed by atoms with Gasteiger partial charge in [0.1, 0.15) is 5.76 Å². The number of hydrogen-bond acceptors (Lipinski definition) is 3. The number of halogens is 1. The Labute approximate surface area is 130 Å². The van der Waals surface area contributed by atoms with Crippen LogP contribution in [0.4, 0.5) is 0 Å². The number of nitrogens with zero attached hydrogens (tertiary/aromatic N) is 2. The van der Waals surface area contributed by atoms with Gasteiger partial charge in [-0.25, -0.2) is 4.98 Å². The second kappa shape index (κ2) is 6.20. The average Bonchev–Trinajstić information content (AvgIpc) is 3.09. The highest BCUT2D eigenvalue weighted by Gasteiger charge is 2.31. The van der Waals surface area contributed by atoms with Gasteiger partial charge in [0.25, 0.3) is 0 Å². The Morgan fingerprint density at radius 2 is 2.19 bits per heavy atom. The van der Waals surface area contributed by atoms with Crippen LogP contribution >= 0.6 is 11.6 Å². The van der Waals surface area contributed by atoms with Crippen LogP contribution in [0, 0.1) is 0 Å². The number of aromatic nitrogens is 1. The maximum atomic E-state index is 6.20. The minimum Gasteiger partial charge on any atom is -0.444 e. The smallest absolute Gasteiger partial charge is 0.211 e. The van der Waals surface area contributed by atoms with E-state index in [9.17, 15) is 0 Å². The average molecular weight is 305 g/mol. The van der Waals surface area contributed by atoms with E-state index >= 15 is 0 Å². The molecule has 3 nitrogen and oxygen atoms in total. The van der Waals surface area contributed by atoms with Crippen LogP contribution in [-0.2, 0) is 6.42 Å². The highest BCUT2D eigenvalue weighted by atomic mass is 35.5. The Morgan fingerprint density at radius 3 is 2.95 bits per heavy atom. The van der Waals surface area contributed by atoms with Crippen molar-refractivity contribution in [3.8, 4) is 0 Å². The zero-order chi connectivity index (χ0) is 14.8. The molecule has 3 rings (SSSR count). The van der Waals surface area contributed by atoms with Crippen LogP contribution in [0.3, 0.4) is 0 Å². The van der Waals surface area contributed by atoms with E-state index < -0.39 is 0 Å². The fraction of sp³-hybridized carbons (Fsp3) is 0.471. The number of hydrogen-bond donors (Lipinski definition) is 0. The van der Waals surface area contributed by atoms with Gasteiger partial charge in [-0.3, -0.25) is 4.90 Å². The van der Waals surface area contributed by atoms with Crippen molar-refractivity contribution in [1.29, 1.82) is 0 Å². The maximum absolute atomic E-state index is 6.20. The van der Waals surface area contributed by atoms with Crippen molar-refractivity contribution in [1.82, 2.24) is 9.88 Å². The van der Waals surface area contributed by atoms with Crippen LogP contribution in [0.25, 0.3) is 0 Å². The Hall–Kier alpha value is -1.32. The summed E-state index contributed by atoms with van der Waals surface area (Å²) in [6, 6.07) is 8.72. The predicted octanol–water partition coefficient (Wildman–Crippen LogP) is 4.46. The Kier molecular flexibility index (Phi) is 4.32. The van der Waals surface area contributed by atoms with Gasteiger partial charge in [-0.15, -0.1) is 0 Å². The summed E-state index contributed by atoms with van der Waals surface area (Å²) in [5.74, 6) is 1.73. The van der Waals surface area contributed by atoms with Crippen molar-refractivity contribution in [2.45, 2.75) is 45.2 Å². The van der Waals surface area contributed by atoms with Crippen LogP contribution in [0.2, 0.25) is 5.02 Å². The van der Waals surface area contributed by atoms with Gasteiger partial charge < -0.3 is 4.42 Å². The molecule has 1 atom stereocenters. The van der Waals surface area contributed by atoms with Gasteiger partial charge in [0.15, 0.2) is 0 Å². The molecule has 1 aliphatic heterocycles. The fourth-order valence-electron chi connectivity index (χ4n) is 3.06. The van der Waals surface area contributed by atoms with Crippen molar-refractivity contribution < 1.29 is 4.42 Å². The van der Waals surface area contributed by atoms with E-state index in [2.05, 4.69) is 23.7 Å². The van der Waals surface area contributed by atoms with Crippen LogP contribution < -0.4 is 0 Å². The van der Waals surface area contributed by atoms with Gasteiger partial charge in [-0.2, -0.15) is 0 Å². The molecule has 0 saturated carbocycles. The molecule has 0 spiro atoms. The molecule has 2 aromatic rings. The standard InChI is InChI=1S/C17H21ClN2O/c1-12(2)20-9-5-8-16(20)17-19-11-14(21-17)10-13-6-3-4-7-15(13)18/h3-4,6-7,11-12,16H,5,8-10H2,1-2H3. The first kappa shape index (κ1) is 14.6. The third-order valence-electron chi connectivity index (χ3n) is 4.14. The van der Waals surface area contributed by atoms with Crippen molar-refractivity contribution in [3.05, 3.63) is 52.7 Å². The Balaban J connectivity index is 1.76. The largest absolute Gasteiger partial charge is 0.444 e. The van der Waals surface area contributed by atoms with E-state index in [0.29, 0.717) is 18.5 Å². The Morgan fingerprint density at radius 1 is 1.38 bits per heavy atom. The molecule has 0 radical (unpaired) electrons. The molecule has 0 bridgehead atoms. The number of benzene rings is 1. The lowest BCUT2D eigenvalue weighted by Crippen LogP contribution is -2.30. The van der Waals surface area contributed by atoms with E-state index in [-0.39, 0.29) is 0 Å². The Bertz CT molecular complexity index is 608. The topological polar surface area (TPSA) is 29.3 Å². The van der Waals surface area contributed by atoms with E-state index in [1.54, 1.807) is 0 Å². The third-order valence-corrected chi connectivity index (χ3v) is 4.51. The molecule has 1 unspecified atom stereocenters. The maximum Gasteiger partial charge on any atom is 0.211 e. The molecular weight excluding hydrogens is 284 g/mol. The van der Waals surface area contributed by atoms with Crippen molar-refractivity contribution in [2.75, 3.05) is 6.54 Å². The first-order valence-electron chi connectivity index (χ1n) is 7.59. The van der Waals surface area contributed by atoms with E-state index in [0.717, 1.165) is 35.2 Å². The molecule has 1 aliphatic rings. The lowest BCUT2D eigenvalue weighted by molar-refractivity contribution is 0.178. The first-order chi connectivity index (χ1) is 10.1. The molecule has 1 aromatic carbocycles. The van der Waals surface area contributed by atoms with Gasteiger partial charge in [-0.1, -0.05) is 29.8 Å². The second-order valence-corrected chi connectivity index (χ2v) is 6.33. The fourth-order valence-corrected chi connectivity index (χ4v) is 3.26. The summed E-state index contributed by atoms with van der Waals surface area (Å²) in [7, 11) is 0. The normalized spacial score (nSPS) is 19.5. The highest BCUT2D eigenvalue weighted by molar-refractivity contribution is 6.31. The summed E-state index contributed by atoms with van der Waals surface area (Å²) in [4.78, 5) is 6.97. The van der Waals surface area contributed by atoms with Gasteiger partial charge in [0.2, 0.25) is 5.89 Å². The summed E-state index contributed by atoms with van der Waals surface area (Å²) in [6.45, 7) is 5.59. The number of likely N-dealkylation sites (tertiary alicyclic amines) is 1. The monoisotopic (exact) mass is 304 g/mol. The molecule has 0 amide bonds. The minimum absolute atomic E-state index is 0.324. The van der Waals surface area contributed by atoms with Crippen LogP contribution in [-0.4, -0.2) is 22.5 Å². The second-order valence-electron chi connectivity index (χ2n) is 5.92. The summed E-state index contributed by atoms with van der Waals surface area (Å²) >= 11 is 6.20. The molecule has 0 aliphatic carbocycles. The zero-order valence-electron chi connectivity index (χ0n) is 12.6. The first-order valence-corrected chi connectivity index (χ1v) is 7.96.